The van der Waals surface area contributed by atoms with E-state index in [0.29, 0.717) is 35.0 Å². The maximum absolute atomic E-state index is 13.0. The summed E-state index contributed by atoms with van der Waals surface area (Å²) in [5.74, 6) is -1.66. The summed E-state index contributed by atoms with van der Waals surface area (Å²) in [4.78, 5) is 26.9. The molecule has 2 amide bonds. The number of likely N-dealkylation sites (tertiary alicyclic amines) is 1. The lowest BCUT2D eigenvalue weighted by Gasteiger charge is -2.36. The van der Waals surface area contributed by atoms with E-state index in [0.717, 1.165) is 34.3 Å². The van der Waals surface area contributed by atoms with Gasteiger partial charge in [0.15, 0.2) is 11.5 Å². The number of phenols is 1. The maximum atomic E-state index is 13.0. The second-order valence-electron chi connectivity index (χ2n) is 10.3. The highest BCUT2D eigenvalue weighted by atomic mass is 127. The number of aliphatic hydroxyl groups is 2. The van der Waals surface area contributed by atoms with Gasteiger partial charge in [-0.1, -0.05) is 55.3 Å². The van der Waals surface area contributed by atoms with Crippen molar-refractivity contribution >= 4 is 46.1 Å². The summed E-state index contributed by atoms with van der Waals surface area (Å²) in [6.07, 6.45) is 4.10. The first kappa shape index (κ1) is 29.3. The number of ether oxygens (including phenoxy) is 1. The molecule has 0 saturated carbocycles. The number of hydrogen-bond acceptors (Lipinski definition) is 6. The quantitative estimate of drug-likeness (QED) is 0.145. The van der Waals surface area contributed by atoms with E-state index >= 15 is 0 Å². The predicted molar refractivity (Wildman–Crippen MR) is 159 cm³/mol. The number of aromatic hydroxyl groups is 1. The summed E-state index contributed by atoms with van der Waals surface area (Å²) in [7, 11) is 3.02. The SMILES string of the molecule is CCCC1=C([C@H](O)CC/C(=C/c2cc(I)c(O)c(OC)c2)c2ccccc2)[C@H](CO)[C@@H]2C(=O)N(C)C(=O)[C@@H]2C1. The van der Waals surface area contributed by atoms with Gasteiger partial charge in [0.25, 0.3) is 0 Å². The lowest BCUT2D eigenvalue weighted by molar-refractivity contribution is -0.138. The van der Waals surface area contributed by atoms with Gasteiger partial charge in [-0.25, -0.2) is 0 Å². The van der Waals surface area contributed by atoms with Gasteiger partial charge in [-0.15, -0.1) is 0 Å². The zero-order chi connectivity index (χ0) is 28.3. The molecule has 7 nitrogen and oxygen atoms in total. The lowest BCUT2D eigenvalue weighted by atomic mass is 9.67. The van der Waals surface area contributed by atoms with Gasteiger partial charge in [0, 0.05) is 13.0 Å². The Morgan fingerprint density at radius 2 is 1.92 bits per heavy atom. The number of methoxy groups -OCH3 is 1. The lowest BCUT2D eigenvalue weighted by Crippen LogP contribution is -2.39. The van der Waals surface area contributed by atoms with Crippen LogP contribution in [0, 0.1) is 21.3 Å². The van der Waals surface area contributed by atoms with Crippen molar-refractivity contribution in [3.63, 3.8) is 0 Å². The molecule has 39 heavy (non-hydrogen) atoms. The molecule has 1 aliphatic heterocycles. The molecule has 1 aliphatic carbocycles. The zero-order valence-corrected chi connectivity index (χ0v) is 24.7. The number of hydrogen-bond donors (Lipinski definition) is 3. The molecule has 0 unspecified atom stereocenters. The van der Waals surface area contributed by atoms with Crippen molar-refractivity contribution < 1.29 is 29.6 Å². The van der Waals surface area contributed by atoms with Crippen LogP contribution in [0.15, 0.2) is 53.6 Å². The molecule has 3 N–H and O–H groups in total. The summed E-state index contributed by atoms with van der Waals surface area (Å²) in [6.45, 7) is 1.76. The van der Waals surface area contributed by atoms with Gasteiger partial charge in [-0.2, -0.15) is 0 Å². The molecule has 8 heteroatoms. The van der Waals surface area contributed by atoms with E-state index in [4.69, 9.17) is 4.74 Å². The fourth-order valence-electron chi connectivity index (χ4n) is 6.09. The van der Waals surface area contributed by atoms with Crippen LogP contribution in [0.3, 0.4) is 0 Å². The summed E-state index contributed by atoms with van der Waals surface area (Å²) < 4.78 is 6.01. The van der Waals surface area contributed by atoms with Crippen LogP contribution in [-0.4, -0.2) is 58.9 Å². The van der Waals surface area contributed by atoms with Crippen molar-refractivity contribution in [2.75, 3.05) is 20.8 Å². The Morgan fingerprint density at radius 1 is 1.21 bits per heavy atom. The molecule has 2 aliphatic rings. The molecule has 2 aromatic carbocycles. The number of allylic oxidation sites excluding steroid dienone is 2. The largest absolute Gasteiger partial charge is 0.504 e. The third kappa shape index (κ3) is 5.93. The molecule has 0 spiro atoms. The van der Waals surface area contributed by atoms with Gasteiger partial charge in [0.05, 0.1) is 35.2 Å². The Kier molecular flexibility index (Phi) is 9.51. The van der Waals surface area contributed by atoms with Crippen LogP contribution in [-0.2, 0) is 9.59 Å². The normalized spacial score (nSPS) is 22.4. The molecule has 1 heterocycles. The monoisotopic (exact) mass is 645 g/mol. The first-order chi connectivity index (χ1) is 18.7. The molecule has 0 bridgehead atoms. The summed E-state index contributed by atoms with van der Waals surface area (Å²) in [5.41, 5.74) is 4.59. The number of aliphatic hydroxyl groups excluding tert-OH is 2. The minimum atomic E-state index is -0.861. The third-order valence-corrected chi connectivity index (χ3v) is 8.78. The Bertz CT molecular complexity index is 1290. The number of nitrogens with zero attached hydrogens (tertiary/aromatic N) is 1. The standard InChI is InChI=1S/C31H36INO6/c1-4-8-21-16-22-28(31(38)33(2)30(22)37)23(17-34)27(21)25(35)12-11-20(19-9-6-5-7-10-19)13-18-14-24(32)29(36)26(15-18)39-3/h5-7,9-10,13-15,22-23,25,28,34-36H,4,8,11-12,16-17H2,1-3H3/b20-13-/t22-,23+,25-,28-/m1/s1. The van der Waals surface area contributed by atoms with Crippen LogP contribution in [0.4, 0.5) is 0 Å². The van der Waals surface area contributed by atoms with Gasteiger partial charge in [-0.3, -0.25) is 14.5 Å². The van der Waals surface area contributed by atoms with Crippen LogP contribution in [0.2, 0.25) is 0 Å². The highest BCUT2D eigenvalue weighted by Crippen LogP contribution is 2.47. The van der Waals surface area contributed by atoms with Crippen LogP contribution in [0.5, 0.6) is 11.5 Å². The van der Waals surface area contributed by atoms with Crippen molar-refractivity contribution in [2.24, 2.45) is 17.8 Å². The number of benzene rings is 2. The van der Waals surface area contributed by atoms with E-state index in [-0.39, 0.29) is 24.2 Å². The molecule has 208 valence electrons. The third-order valence-electron chi connectivity index (χ3n) is 7.96. The zero-order valence-electron chi connectivity index (χ0n) is 22.6. The van der Waals surface area contributed by atoms with Gasteiger partial charge in [0.2, 0.25) is 11.8 Å². The summed E-state index contributed by atoms with van der Waals surface area (Å²) in [6, 6.07) is 13.6. The minimum Gasteiger partial charge on any atom is -0.504 e. The van der Waals surface area contributed by atoms with Crippen molar-refractivity contribution in [3.05, 3.63) is 68.3 Å². The Balaban J connectivity index is 1.67. The van der Waals surface area contributed by atoms with Crippen LogP contribution in [0.25, 0.3) is 11.6 Å². The number of amides is 2. The highest BCUT2D eigenvalue weighted by Gasteiger charge is 2.53. The Hall–Kier alpha value is -2.69. The van der Waals surface area contributed by atoms with Crippen molar-refractivity contribution in [1.29, 1.82) is 0 Å². The minimum absolute atomic E-state index is 0.0959. The van der Waals surface area contributed by atoms with E-state index in [1.165, 1.54) is 19.1 Å². The molecule has 4 atom stereocenters. The molecule has 0 aromatic heterocycles. The van der Waals surface area contributed by atoms with E-state index in [9.17, 15) is 24.9 Å². The van der Waals surface area contributed by atoms with Gasteiger partial charge in [0.1, 0.15) is 0 Å². The maximum Gasteiger partial charge on any atom is 0.233 e. The summed E-state index contributed by atoms with van der Waals surface area (Å²) >= 11 is 2.07. The molecule has 4 rings (SSSR count). The average Bonchev–Trinajstić information content (AvgIpc) is 3.15. The predicted octanol–water partition coefficient (Wildman–Crippen LogP) is 5.03. The number of phenolic OH excluding ortho intramolecular Hbond substituents is 1. The number of fused-ring (bicyclic) bond motifs is 1. The van der Waals surface area contributed by atoms with E-state index in [1.807, 2.05) is 49.4 Å². The van der Waals surface area contributed by atoms with Crippen molar-refractivity contribution in [2.45, 2.75) is 45.1 Å². The Morgan fingerprint density at radius 3 is 2.56 bits per heavy atom. The first-order valence-electron chi connectivity index (χ1n) is 13.4. The second kappa shape index (κ2) is 12.7. The first-order valence-corrected chi connectivity index (χ1v) is 14.4. The number of carbonyl (C=O) groups is 2. The smallest absolute Gasteiger partial charge is 0.233 e. The van der Waals surface area contributed by atoms with E-state index < -0.39 is 23.9 Å². The summed E-state index contributed by atoms with van der Waals surface area (Å²) in [5, 5.41) is 32.3. The number of rotatable bonds is 10. The van der Waals surface area contributed by atoms with Gasteiger partial charge in [-0.05, 0) is 82.7 Å². The number of imide groups is 1. The van der Waals surface area contributed by atoms with Gasteiger partial charge < -0.3 is 20.1 Å². The fraction of sp³-hybridized carbons (Fsp3) is 0.419. The van der Waals surface area contributed by atoms with Gasteiger partial charge >= 0.3 is 0 Å². The molecular formula is C31H36INO6. The fourth-order valence-corrected chi connectivity index (χ4v) is 6.71. The second-order valence-corrected chi connectivity index (χ2v) is 11.5. The average molecular weight is 646 g/mol. The van der Waals surface area contributed by atoms with Crippen LogP contribution in [0.1, 0.15) is 50.2 Å². The van der Waals surface area contributed by atoms with E-state index in [2.05, 4.69) is 22.6 Å². The number of carbonyl (C=O) groups excluding carboxylic acids is 2. The topological polar surface area (TPSA) is 107 Å². The highest BCUT2D eigenvalue weighted by molar-refractivity contribution is 14.1. The molecular weight excluding hydrogens is 609 g/mol. The molecule has 1 fully saturated rings. The van der Waals surface area contributed by atoms with Crippen LogP contribution >= 0.6 is 22.6 Å². The molecule has 0 radical (unpaired) electrons. The number of halogens is 1. The van der Waals surface area contributed by atoms with Crippen LogP contribution < -0.4 is 4.74 Å². The van der Waals surface area contributed by atoms with Crippen molar-refractivity contribution in [3.8, 4) is 11.5 Å². The van der Waals surface area contributed by atoms with Crippen molar-refractivity contribution in [1.82, 2.24) is 4.90 Å². The Labute approximate surface area is 243 Å². The van der Waals surface area contributed by atoms with E-state index in [1.54, 1.807) is 6.07 Å². The molecule has 2 aromatic rings. The molecule has 1 saturated heterocycles.